The van der Waals surface area contributed by atoms with Gasteiger partial charge < -0.3 is 20.5 Å². The molecule has 0 aliphatic carbocycles. The van der Waals surface area contributed by atoms with Crippen LogP contribution >= 0.6 is 0 Å². The zero-order chi connectivity index (χ0) is 14.6. The van der Waals surface area contributed by atoms with Crippen LogP contribution in [0, 0.1) is 5.92 Å². The number of carbonyl (C=O) groups is 1. The number of rotatable bonds is 7. The molecule has 2 heterocycles. The van der Waals surface area contributed by atoms with E-state index in [1.54, 1.807) is 14.0 Å². The van der Waals surface area contributed by atoms with Crippen LogP contribution in [0.4, 0.5) is 0 Å². The lowest BCUT2D eigenvalue weighted by molar-refractivity contribution is -0.123. The number of piperidine rings is 1. The van der Waals surface area contributed by atoms with Crippen molar-refractivity contribution in [3.05, 3.63) is 0 Å². The maximum absolute atomic E-state index is 12.0. The first-order valence-electron chi connectivity index (χ1n) is 7.72. The molecule has 2 saturated heterocycles. The topological polar surface area (TPSA) is 70.6 Å². The molecular weight excluding hydrogens is 256 g/mol. The highest BCUT2D eigenvalue weighted by Gasteiger charge is 2.34. The van der Waals surface area contributed by atoms with Crippen molar-refractivity contribution in [3.8, 4) is 0 Å². The Hall–Kier alpha value is -0.650. The van der Waals surface area contributed by atoms with E-state index in [1.165, 1.54) is 12.8 Å². The minimum atomic E-state index is -0.890. The molecule has 0 radical (unpaired) electrons. The van der Waals surface area contributed by atoms with E-state index >= 15 is 0 Å². The molecule has 0 aromatic heterocycles. The average Bonchev–Trinajstić information content (AvgIpc) is 2.74. The number of aliphatic hydroxyl groups is 1. The van der Waals surface area contributed by atoms with E-state index in [-0.39, 0.29) is 5.91 Å². The molecule has 20 heavy (non-hydrogen) atoms. The maximum atomic E-state index is 12.0. The van der Waals surface area contributed by atoms with Crippen molar-refractivity contribution in [2.24, 2.45) is 5.92 Å². The van der Waals surface area contributed by atoms with Gasteiger partial charge >= 0.3 is 0 Å². The lowest BCUT2D eigenvalue weighted by atomic mass is 9.89. The number of ether oxygens (including phenoxy) is 1. The van der Waals surface area contributed by atoms with Crippen LogP contribution < -0.4 is 10.6 Å². The first kappa shape index (κ1) is 15.7. The predicted molar refractivity (Wildman–Crippen MR) is 77.4 cm³/mol. The van der Waals surface area contributed by atoms with Gasteiger partial charge in [-0.15, -0.1) is 0 Å². The summed E-state index contributed by atoms with van der Waals surface area (Å²) in [6.07, 6.45) is 5.87. The molecular formula is C15H28N2O3. The van der Waals surface area contributed by atoms with Crippen LogP contribution in [0.3, 0.4) is 0 Å². The molecule has 3 N–H and O–H groups in total. The van der Waals surface area contributed by atoms with Crippen LogP contribution in [0.5, 0.6) is 0 Å². The van der Waals surface area contributed by atoms with Crippen LogP contribution in [0.15, 0.2) is 0 Å². The van der Waals surface area contributed by atoms with Gasteiger partial charge in [-0.05, 0) is 38.5 Å². The molecule has 2 bridgehead atoms. The summed E-state index contributed by atoms with van der Waals surface area (Å²) in [4.78, 5) is 12.0. The number of hydrogen-bond acceptors (Lipinski definition) is 4. The highest BCUT2D eigenvalue weighted by Crippen LogP contribution is 2.32. The number of carbonyl (C=O) groups excluding carboxylic acids is 1. The van der Waals surface area contributed by atoms with Crippen molar-refractivity contribution in [1.82, 2.24) is 10.6 Å². The summed E-state index contributed by atoms with van der Waals surface area (Å²) >= 11 is 0. The summed E-state index contributed by atoms with van der Waals surface area (Å²) in [6, 6.07) is 1.24. The third-order valence-electron chi connectivity index (χ3n) is 4.56. The van der Waals surface area contributed by atoms with E-state index in [0.29, 0.717) is 44.0 Å². The Balaban J connectivity index is 1.67. The van der Waals surface area contributed by atoms with Gasteiger partial charge in [0, 0.05) is 45.2 Å². The fourth-order valence-electron chi connectivity index (χ4n) is 3.38. The molecule has 0 saturated carbocycles. The Morgan fingerprint density at radius 3 is 2.65 bits per heavy atom. The standard InChI is InChI=1S/C15H28N2O3/c1-15(19,5-6-20-2)10-16-14(18)9-11-7-12-3-4-13(8-11)17-12/h11-13,17,19H,3-10H2,1-2H3,(H,16,18). The van der Waals surface area contributed by atoms with Crippen molar-refractivity contribution >= 4 is 5.91 Å². The molecule has 1 amide bonds. The SMILES string of the molecule is COCCC(C)(O)CNC(=O)CC1CC2CCC(C1)N2. The minimum absolute atomic E-state index is 0.0639. The predicted octanol–water partition coefficient (Wildman–Crippen LogP) is 0.811. The first-order chi connectivity index (χ1) is 9.48. The molecule has 0 aromatic rings. The zero-order valence-corrected chi connectivity index (χ0v) is 12.7. The van der Waals surface area contributed by atoms with Crippen LogP contribution in [-0.2, 0) is 9.53 Å². The Morgan fingerprint density at radius 2 is 2.05 bits per heavy atom. The molecule has 5 nitrogen and oxygen atoms in total. The van der Waals surface area contributed by atoms with Gasteiger partial charge in [0.1, 0.15) is 0 Å². The van der Waals surface area contributed by atoms with Gasteiger partial charge in [0.15, 0.2) is 0 Å². The van der Waals surface area contributed by atoms with Gasteiger partial charge in [-0.25, -0.2) is 0 Å². The normalized spacial score (nSPS) is 31.9. The maximum Gasteiger partial charge on any atom is 0.220 e. The van der Waals surface area contributed by atoms with E-state index < -0.39 is 5.60 Å². The molecule has 2 aliphatic heterocycles. The molecule has 116 valence electrons. The summed E-state index contributed by atoms with van der Waals surface area (Å²) in [6.45, 7) is 2.53. The van der Waals surface area contributed by atoms with Crippen molar-refractivity contribution in [1.29, 1.82) is 0 Å². The quantitative estimate of drug-likeness (QED) is 0.647. The van der Waals surface area contributed by atoms with Crippen LogP contribution in [0.1, 0.15) is 45.4 Å². The number of methoxy groups -OCH3 is 1. The Morgan fingerprint density at radius 1 is 1.40 bits per heavy atom. The highest BCUT2D eigenvalue weighted by atomic mass is 16.5. The van der Waals surface area contributed by atoms with Gasteiger partial charge in [0.2, 0.25) is 5.91 Å². The Labute approximate surface area is 121 Å². The summed E-state index contributed by atoms with van der Waals surface area (Å²) in [7, 11) is 1.61. The molecule has 0 spiro atoms. The zero-order valence-electron chi connectivity index (χ0n) is 12.7. The van der Waals surface area contributed by atoms with Crippen molar-refractivity contribution in [3.63, 3.8) is 0 Å². The minimum Gasteiger partial charge on any atom is -0.388 e. The second kappa shape index (κ2) is 6.87. The van der Waals surface area contributed by atoms with E-state index in [0.717, 1.165) is 12.8 Å². The number of fused-ring (bicyclic) bond motifs is 2. The van der Waals surface area contributed by atoms with Gasteiger partial charge in [-0.2, -0.15) is 0 Å². The van der Waals surface area contributed by atoms with Gasteiger partial charge in [0.25, 0.3) is 0 Å². The fraction of sp³-hybridized carbons (Fsp3) is 0.933. The fourth-order valence-corrected chi connectivity index (χ4v) is 3.38. The average molecular weight is 284 g/mol. The Bertz CT molecular complexity index is 321. The lowest BCUT2D eigenvalue weighted by Crippen LogP contribution is -2.43. The molecule has 2 aliphatic rings. The van der Waals surface area contributed by atoms with Gasteiger partial charge in [0.05, 0.1) is 5.60 Å². The molecule has 0 aromatic carbocycles. The number of hydrogen-bond donors (Lipinski definition) is 3. The van der Waals surface area contributed by atoms with Gasteiger partial charge in [-0.3, -0.25) is 4.79 Å². The third kappa shape index (κ3) is 4.72. The van der Waals surface area contributed by atoms with E-state index in [2.05, 4.69) is 10.6 Å². The van der Waals surface area contributed by atoms with Crippen molar-refractivity contribution in [2.75, 3.05) is 20.3 Å². The van der Waals surface area contributed by atoms with Crippen molar-refractivity contribution < 1.29 is 14.6 Å². The number of nitrogens with one attached hydrogen (secondary N) is 2. The number of amides is 1. The lowest BCUT2D eigenvalue weighted by Gasteiger charge is -2.29. The summed E-state index contributed by atoms with van der Waals surface area (Å²) < 4.78 is 4.96. The molecule has 3 atom stereocenters. The Kier molecular flexibility index (Phi) is 5.41. The third-order valence-corrected chi connectivity index (χ3v) is 4.56. The second-order valence-electron chi connectivity index (χ2n) is 6.70. The summed E-state index contributed by atoms with van der Waals surface area (Å²) in [5.41, 5.74) is -0.890. The van der Waals surface area contributed by atoms with Crippen LogP contribution in [0.2, 0.25) is 0 Å². The van der Waals surface area contributed by atoms with Crippen molar-refractivity contribution in [2.45, 2.75) is 63.1 Å². The molecule has 3 unspecified atom stereocenters. The molecule has 5 heteroatoms. The van der Waals surface area contributed by atoms with E-state index in [4.69, 9.17) is 4.74 Å². The second-order valence-corrected chi connectivity index (χ2v) is 6.70. The molecule has 2 rings (SSSR count). The van der Waals surface area contributed by atoms with Gasteiger partial charge in [-0.1, -0.05) is 0 Å². The van der Waals surface area contributed by atoms with Crippen LogP contribution in [-0.4, -0.2) is 49.0 Å². The van der Waals surface area contributed by atoms with Crippen LogP contribution in [0.25, 0.3) is 0 Å². The van der Waals surface area contributed by atoms with E-state index in [9.17, 15) is 9.90 Å². The largest absolute Gasteiger partial charge is 0.388 e. The molecule has 2 fully saturated rings. The summed E-state index contributed by atoms with van der Waals surface area (Å²) in [5, 5.41) is 16.5. The first-order valence-corrected chi connectivity index (χ1v) is 7.72. The summed E-state index contributed by atoms with van der Waals surface area (Å²) in [5.74, 6) is 0.562. The highest BCUT2D eigenvalue weighted by molar-refractivity contribution is 5.76. The van der Waals surface area contributed by atoms with E-state index in [1.807, 2.05) is 0 Å². The smallest absolute Gasteiger partial charge is 0.220 e. The monoisotopic (exact) mass is 284 g/mol.